The maximum Gasteiger partial charge on any atom is 0.227 e. The molecule has 0 bridgehead atoms. The second-order valence-corrected chi connectivity index (χ2v) is 6.49. The van der Waals surface area contributed by atoms with Crippen LogP contribution in [0.1, 0.15) is 30.9 Å². The zero-order valence-corrected chi connectivity index (χ0v) is 13.9. The highest BCUT2D eigenvalue weighted by molar-refractivity contribution is 6.00. The van der Waals surface area contributed by atoms with Crippen LogP contribution in [0, 0.1) is 5.92 Å². The van der Waals surface area contributed by atoms with Gasteiger partial charge in [0.25, 0.3) is 0 Å². The van der Waals surface area contributed by atoms with E-state index in [1.807, 2.05) is 6.07 Å². The van der Waals surface area contributed by atoms with Crippen LogP contribution in [0.25, 0.3) is 0 Å². The molecule has 1 fully saturated rings. The summed E-state index contributed by atoms with van der Waals surface area (Å²) in [5.41, 5.74) is 3.59. The van der Waals surface area contributed by atoms with Gasteiger partial charge in [0.1, 0.15) is 0 Å². The number of nitrogens with zero attached hydrogens (tertiary/aromatic N) is 1. The Morgan fingerprint density at radius 3 is 2.71 bits per heavy atom. The van der Waals surface area contributed by atoms with Gasteiger partial charge in [-0.3, -0.25) is 14.4 Å². The topological polar surface area (TPSA) is 78.5 Å². The minimum atomic E-state index is -0.330. The Morgan fingerprint density at radius 2 is 1.92 bits per heavy atom. The molecule has 0 saturated carbocycles. The average molecular weight is 329 g/mol. The normalized spacial score (nSPS) is 19.3. The van der Waals surface area contributed by atoms with Gasteiger partial charge in [0.05, 0.1) is 5.92 Å². The van der Waals surface area contributed by atoms with Crippen molar-refractivity contribution in [3.05, 3.63) is 29.3 Å². The van der Waals surface area contributed by atoms with Crippen LogP contribution in [-0.4, -0.2) is 37.4 Å². The summed E-state index contributed by atoms with van der Waals surface area (Å²) in [4.78, 5) is 37.0. The summed E-state index contributed by atoms with van der Waals surface area (Å²) in [5, 5.41) is 5.41. The molecule has 0 radical (unpaired) electrons. The summed E-state index contributed by atoms with van der Waals surface area (Å²) in [6.45, 7) is 2.63. The average Bonchev–Trinajstić information content (AvgIpc) is 3.16. The van der Waals surface area contributed by atoms with E-state index in [9.17, 15) is 14.4 Å². The molecule has 1 aliphatic heterocycles. The predicted molar refractivity (Wildman–Crippen MR) is 90.6 cm³/mol. The Hall–Kier alpha value is -2.37. The summed E-state index contributed by atoms with van der Waals surface area (Å²) in [6.07, 6.45) is 3.59. The van der Waals surface area contributed by atoms with E-state index >= 15 is 0 Å². The van der Waals surface area contributed by atoms with Gasteiger partial charge in [0.2, 0.25) is 17.7 Å². The number of amides is 3. The third-order valence-electron chi connectivity index (χ3n) is 4.69. The van der Waals surface area contributed by atoms with E-state index in [2.05, 4.69) is 22.8 Å². The first-order valence-electron chi connectivity index (χ1n) is 8.49. The number of anilines is 1. The molecule has 6 nitrogen and oxygen atoms in total. The molecule has 1 heterocycles. The van der Waals surface area contributed by atoms with Crippen LogP contribution in [0.2, 0.25) is 0 Å². The summed E-state index contributed by atoms with van der Waals surface area (Å²) in [7, 11) is 0. The van der Waals surface area contributed by atoms with E-state index in [-0.39, 0.29) is 30.1 Å². The first kappa shape index (κ1) is 16.5. The quantitative estimate of drug-likeness (QED) is 0.784. The highest BCUT2D eigenvalue weighted by Gasteiger charge is 2.35. The van der Waals surface area contributed by atoms with Crippen LogP contribution in [0.5, 0.6) is 0 Å². The molecular formula is C18H23N3O3. The maximum absolute atomic E-state index is 12.3. The number of aryl methyl sites for hydroxylation is 2. The molecule has 1 unspecified atom stereocenters. The van der Waals surface area contributed by atoms with Gasteiger partial charge in [-0.15, -0.1) is 0 Å². The Kier molecular flexibility index (Phi) is 4.83. The van der Waals surface area contributed by atoms with E-state index in [1.54, 1.807) is 4.90 Å². The van der Waals surface area contributed by atoms with Gasteiger partial charge < -0.3 is 15.5 Å². The number of carbonyl (C=O) groups is 3. The molecule has 1 atom stereocenters. The third-order valence-corrected chi connectivity index (χ3v) is 4.69. The van der Waals surface area contributed by atoms with Crippen LogP contribution in [0.3, 0.4) is 0 Å². The van der Waals surface area contributed by atoms with Gasteiger partial charge >= 0.3 is 0 Å². The van der Waals surface area contributed by atoms with Crippen LogP contribution in [0.15, 0.2) is 18.2 Å². The minimum Gasteiger partial charge on any atom is -0.355 e. The van der Waals surface area contributed by atoms with Gasteiger partial charge in [-0.25, -0.2) is 0 Å². The first-order valence-corrected chi connectivity index (χ1v) is 8.49. The number of hydrogen-bond acceptors (Lipinski definition) is 3. The molecule has 0 spiro atoms. The monoisotopic (exact) mass is 329 g/mol. The molecule has 3 rings (SSSR count). The van der Waals surface area contributed by atoms with E-state index < -0.39 is 0 Å². The number of nitrogens with one attached hydrogen (secondary N) is 2. The lowest BCUT2D eigenvalue weighted by molar-refractivity contribution is -0.126. The summed E-state index contributed by atoms with van der Waals surface area (Å²) >= 11 is 0. The minimum absolute atomic E-state index is 0.00467. The van der Waals surface area contributed by atoms with E-state index in [0.717, 1.165) is 18.5 Å². The molecule has 0 aromatic heterocycles. The molecule has 1 aromatic carbocycles. The van der Waals surface area contributed by atoms with Crippen molar-refractivity contribution in [3.63, 3.8) is 0 Å². The summed E-state index contributed by atoms with van der Waals surface area (Å²) in [6, 6.07) is 6.18. The molecule has 3 amide bonds. The van der Waals surface area contributed by atoms with Crippen molar-refractivity contribution < 1.29 is 14.4 Å². The largest absolute Gasteiger partial charge is 0.355 e. The molecule has 1 aliphatic carbocycles. The van der Waals surface area contributed by atoms with Crippen molar-refractivity contribution in [1.82, 2.24) is 10.6 Å². The number of benzene rings is 1. The van der Waals surface area contributed by atoms with Crippen molar-refractivity contribution in [3.8, 4) is 0 Å². The van der Waals surface area contributed by atoms with Crippen molar-refractivity contribution in [2.75, 3.05) is 24.5 Å². The Labute approximate surface area is 141 Å². The number of rotatable bonds is 5. The zero-order valence-electron chi connectivity index (χ0n) is 13.9. The molecule has 24 heavy (non-hydrogen) atoms. The fraction of sp³-hybridized carbons (Fsp3) is 0.500. The highest BCUT2D eigenvalue weighted by Crippen LogP contribution is 2.30. The Morgan fingerprint density at radius 1 is 1.17 bits per heavy atom. The highest BCUT2D eigenvalue weighted by atomic mass is 16.2. The first-order chi connectivity index (χ1) is 11.5. The molecule has 1 aromatic rings. The van der Waals surface area contributed by atoms with Gasteiger partial charge in [-0.1, -0.05) is 6.07 Å². The second-order valence-electron chi connectivity index (χ2n) is 6.49. The zero-order chi connectivity index (χ0) is 17.1. The second kappa shape index (κ2) is 7.03. The van der Waals surface area contributed by atoms with E-state index in [0.29, 0.717) is 19.6 Å². The lowest BCUT2D eigenvalue weighted by Gasteiger charge is -2.18. The Balaban J connectivity index is 1.57. The standard InChI is InChI=1S/C18H23N3O3/c1-12(22)19-7-8-20-18(24)15-10-17(23)21(11-15)16-6-5-13-3-2-4-14(13)9-16/h5-6,9,15H,2-4,7-8,10-11H2,1H3,(H,19,22)(H,20,24). The van der Waals surface area contributed by atoms with Crippen LogP contribution in [0.4, 0.5) is 5.69 Å². The fourth-order valence-electron chi connectivity index (χ4n) is 3.43. The number of carbonyl (C=O) groups excluding carboxylic acids is 3. The van der Waals surface area contributed by atoms with Gasteiger partial charge in [0, 0.05) is 38.7 Å². The van der Waals surface area contributed by atoms with Crippen LogP contribution < -0.4 is 15.5 Å². The summed E-state index contributed by atoms with van der Waals surface area (Å²) in [5.74, 6) is -0.585. The molecular weight excluding hydrogens is 306 g/mol. The Bertz CT molecular complexity index is 671. The fourth-order valence-corrected chi connectivity index (χ4v) is 3.43. The smallest absolute Gasteiger partial charge is 0.227 e. The van der Waals surface area contributed by atoms with Gasteiger partial charge in [-0.05, 0) is 42.5 Å². The summed E-state index contributed by atoms with van der Waals surface area (Å²) < 4.78 is 0. The van der Waals surface area contributed by atoms with E-state index in [1.165, 1.54) is 24.5 Å². The van der Waals surface area contributed by atoms with Crippen molar-refractivity contribution in [1.29, 1.82) is 0 Å². The predicted octanol–water partition coefficient (Wildman–Crippen LogP) is 0.780. The van der Waals surface area contributed by atoms with E-state index in [4.69, 9.17) is 0 Å². The molecule has 6 heteroatoms. The number of fused-ring (bicyclic) bond motifs is 1. The van der Waals surface area contributed by atoms with Gasteiger partial charge in [-0.2, -0.15) is 0 Å². The van der Waals surface area contributed by atoms with Crippen LogP contribution in [-0.2, 0) is 27.2 Å². The molecule has 2 aliphatic rings. The van der Waals surface area contributed by atoms with Crippen LogP contribution >= 0.6 is 0 Å². The third kappa shape index (κ3) is 3.58. The molecule has 2 N–H and O–H groups in total. The van der Waals surface area contributed by atoms with Gasteiger partial charge in [0.15, 0.2) is 0 Å². The molecule has 1 saturated heterocycles. The van der Waals surface area contributed by atoms with Crippen molar-refractivity contribution >= 4 is 23.4 Å². The lowest BCUT2D eigenvalue weighted by Crippen LogP contribution is -2.37. The SMILES string of the molecule is CC(=O)NCCNC(=O)C1CC(=O)N(c2ccc3c(c2)CCC3)C1. The van der Waals surface area contributed by atoms with Crippen molar-refractivity contribution in [2.45, 2.75) is 32.6 Å². The number of hydrogen-bond donors (Lipinski definition) is 2. The lowest BCUT2D eigenvalue weighted by atomic mass is 10.1. The van der Waals surface area contributed by atoms with Crippen molar-refractivity contribution in [2.24, 2.45) is 5.92 Å². The maximum atomic E-state index is 12.3. The molecule has 128 valence electrons.